The molecule has 0 radical (unpaired) electrons. The van der Waals surface area contributed by atoms with Crippen LogP contribution in [0.25, 0.3) is 0 Å². The number of amidine groups is 1. The van der Waals surface area contributed by atoms with Crippen molar-refractivity contribution in [3.05, 3.63) is 18.2 Å². The van der Waals surface area contributed by atoms with E-state index in [1.54, 1.807) is 7.05 Å². The second kappa shape index (κ2) is 3.21. The van der Waals surface area contributed by atoms with Crippen LogP contribution in [0.4, 0.5) is 11.4 Å². The van der Waals surface area contributed by atoms with Gasteiger partial charge in [0, 0.05) is 18.8 Å². The summed E-state index contributed by atoms with van der Waals surface area (Å²) in [5.41, 5.74) is 7.27. The van der Waals surface area contributed by atoms with Crippen LogP contribution in [-0.2, 0) is 0 Å². The fourth-order valence-corrected chi connectivity index (χ4v) is 1.46. The number of nitrogens with one attached hydrogen (secondary N) is 1. The first-order valence-electron chi connectivity index (χ1n) is 4.50. The van der Waals surface area contributed by atoms with Crippen LogP contribution in [-0.4, -0.2) is 19.0 Å². The Morgan fingerprint density at radius 2 is 2.29 bits per heavy atom. The molecule has 4 nitrogen and oxygen atoms in total. The summed E-state index contributed by atoms with van der Waals surface area (Å²) >= 11 is 0. The minimum Gasteiger partial charge on any atom is -0.481 e. The van der Waals surface area contributed by atoms with E-state index in [4.69, 9.17) is 10.5 Å². The van der Waals surface area contributed by atoms with Crippen molar-refractivity contribution in [2.24, 2.45) is 4.99 Å². The number of nitrogen functional groups attached to an aromatic ring is 1. The van der Waals surface area contributed by atoms with Gasteiger partial charge in [-0.3, -0.25) is 4.99 Å². The van der Waals surface area contributed by atoms with Gasteiger partial charge in [-0.25, -0.2) is 0 Å². The summed E-state index contributed by atoms with van der Waals surface area (Å²) in [4.78, 5) is 4.10. The molecule has 0 aromatic heterocycles. The van der Waals surface area contributed by atoms with Gasteiger partial charge < -0.3 is 15.8 Å². The Hall–Kier alpha value is -1.71. The van der Waals surface area contributed by atoms with Crippen molar-refractivity contribution < 1.29 is 4.74 Å². The molecule has 4 heteroatoms. The summed E-state index contributed by atoms with van der Waals surface area (Å²) in [5.74, 6) is 1.62. The highest BCUT2D eigenvalue weighted by Gasteiger charge is 2.20. The summed E-state index contributed by atoms with van der Waals surface area (Å²) in [6.07, 6.45) is -0.0469. The molecule has 0 bridgehead atoms. The quantitative estimate of drug-likeness (QED) is 0.611. The predicted octanol–water partition coefficient (Wildman–Crippen LogP) is 1.49. The molecule has 1 aromatic rings. The van der Waals surface area contributed by atoms with Crippen LogP contribution in [0.15, 0.2) is 23.2 Å². The highest BCUT2D eigenvalue weighted by molar-refractivity contribution is 6.01. The molecule has 0 aliphatic carbocycles. The fourth-order valence-electron chi connectivity index (χ4n) is 1.46. The first kappa shape index (κ1) is 8.87. The molecule has 74 valence electrons. The third-order valence-electron chi connectivity index (χ3n) is 2.20. The Labute approximate surface area is 82.8 Å². The Morgan fingerprint density at radius 1 is 1.50 bits per heavy atom. The number of hydrogen-bond donors (Lipinski definition) is 2. The first-order chi connectivity index (χ1) is 6.70. The maximum absolute atomic E-state index is 5.66. The van der Waals surface area contributed by atoms with Crippen LogP contribution in [0.2, 0.25) is 0 Å². The Morgan fingerprint density at radius 3 is 3.00 bits per heavy atom. The number of rotatable bonds is 0. The van der Waals surface area contributed by atoms with Crippen LogP contribution in [0, 0.1) is 0 Å². The van der Waals surface area contributed by atoms with E-state index >= 15 is 0 Å². The highest BCUT2D eigenvalue weighted by atomic mass is 16.5. The minimum absolute atomic E-state index is 0.0469. The lowest BCUT2D eigenvalue weighted by Gasteiger charge is -2.26. The van der Waals surface area contributed by atoms with Crippen LogP contribution < -0.4 is 15.8 Å². The molecule has 0 saturated carbocycles. The molecule has 1 heterocycles. The summed E-state index contributed by atoms with van der Waals surface area (Å²) in [6, 6.07) is 5.53. The van der Waals surface area contributed by atoms with Crippen LogP contribution in [0.1, 0.15) is 6.92 Å². The lowest BCUT2D eigenvalue weighted by molar-refractivity contribution is 0.283. The lowest BCUT2D eigenvalue weighted by atomic mass is 10.2. The molecule has 0 fully saturated rings. The van der Waals surface area contributed by atoms with Crippen LogP contribution >= 0.6 is 0 Å². The van der Waals surface area contributed by atoms with E-state index in [1.165, 1.54) is 0 Å². The third-order valence-corrected chi connectivity index (χ3v) is 2.20. The van der Waals surface area contributed by atoms with Gasteiger partial charge >= 0.3 is 0 Å². The SMILES string of the molecule is CN=C1Nc2ccc(N)cc2OC1C. The van der Waals surface area contributed by atoms with E-state index < -0.39 is 0 Å². The zero-order valence-electron chi connectivity index (χ0n) is 8.24. The fraction of sp³-hybridized carbons (Fsp3) is 0.300. The summed E-state index contributed by atoms with van der Waals surface area (Å²) in [5, 5.41) is 3.19. The molecule has 1 aromatic carbocycles. The van der Waals surface area contributed by atoms with Gasteiger partial charge in [0.15, 0.2) is 6.10 Å². The highest BCUT2D eigenvalue weighted by Crippen LogP contribution is 2.31. The van der Waals surface area contributed by atoms with Crippen molar-refractivity contribution in [1.29, 1.82) is 0 Å². The van der Waals surface area contributed by atoms with Crippen molar-refractivity contribution in [2.75, 3.05) is 18.1 Å². The number of ether oxygens (including phenoxy) is 1. The lowest BCUT2D eigenvalue weighted by Crippen LogP contribution is -2.34. The van der Waals surface area contributed by atoms with Gasteiger partial charge in [0.25, 0.3) is 0 Å². The van der Waals surface area contributed by atoms with E-state index in [2.05, 4.69) is 10.3 Å². The normalized spacial score (nSPS) is 22.4. The monoisotopic (exact) mass is 191 g/mol. The molecular weight excluding hydrogens is 178 g/mol. The number of benzene rings is 1. The van der Waals surface area contributed by atoms with Crippen molar-refractivity contribution in [3.8, 4) is 5.75 Å². The van der Waals surface area contributed by atoms with Crippen molar-refractivity contribution >= 4 is 17.2 Å². The van der Waals surface area contributed by atoms with E-state index in [1.807, 2.05) is 25.1 Å². The van der Waals surface area contributed by atoms with Gasteiger partial charge in [0.1, 0.15) is 11.6 Å². The van der Waals surface area contributed by atoms with Gasteiger partial charge in [0.2, 0.25) is 0 Å². The molecular formula is C10H13N3O. The first-order valence-corrected chi connectivity index (χ1v) is 4.50. The number of fused-ring (bicyclic) bond motifs is 1. The average molecular weight is 191 g/mol. The van der Waals surface area contributed by atoms with E-state index in [0.717, 1.165) is 17.3 Å². The number of anilines is 2. The Balaban J connectivity index is 2.40. The molecule has 1 unspecified atom stereocenters. The summed E-state index contributed by atoms with van der Waals surface area (Å²) in [7, 11) is 1.74. The number of nitrogens with zero attached hydrogens (tertiary/aromatic N) is 1. The molecule has 14 heavy (non-hydrogen) atoms. The van der Waals surface area contributed by atoms with E-state index in [-0.39, 0.29) is 6.10 Å². The molecule has 3 N–H and O–H groups in total. The van der Waals surface area contributed by atoms with Crippen molar-refractivity contribution in [2.45, 2.75) is 13.0 Å². The minimum atomic E-state index is -0.0469. The van der Waals surface area contributed by atoms with Gasteiger partial charge in [-0.1, -0.05) is 0 Å². The maximum Gasteiger partial charge on any atom is 0.153 e. The molecule has 1 aliphatic heterocycles. The van der Waals surface area contributed by atoms with E-state index in [9.17, 15) is 0 Å². The molecule has 0 saturated heterocycles. The molecule has 0 amide bonds. The van der Waals surface area contributed by atoms with Gasteiger partial charge in [0.05, 0.1) is 5.69 Å². The molecule has 1 aliphatic rings. The summed E-state index contributed by atoms with van der Waals surface area (Å²) in [6.45, 7) is 1.95. The zero-order chi connectivity index (χ0) is 10.1. The Kier molecular flexibility index (Phi) is 2.04. The average Bonchev–Trinajstić information content (AvgIpc) is 2.16. The molecule has 2 rings (SSSR count). The number of hydrogen-bond acceptors (Lipinski definition) is 3. The topological polar surface area (TPSA) is 59.6 Å². The Bertz CT molecular complexity index is 387. The standard InChI is InChI=1S/C10H13N3O/c1-6-10(12-2)13-8-4-3-7(11)5-9(8)14-6/h3-6H,11H2,1-2H3,(H,12,13). The second-order valence-electron chi connectivity index (χ2n) is 3.25. The smallest absolute Gasteiger partial charge is 0.153 e. The molecule has 1 atom stereocenters. The molecule has 0 spiro atoms. The summed E-state index contributed by atoms with van der Waals surface area (Å²) < 4.78 is 5.64. The third kappa shape index (κ3) is 1.39. The van der Waals surface area contributed by atoms with Crippen molar-refractivity contribution in [1.82, 2.24) is 0 Å². The van der Waals surface area contributed by atoms with Gasteiger partial charge in [-0.15, -0.1) is 0 Å². The number of nitrogens with two attached hydrogens (primary N) is 1. The van der Waals surface area contributed by atoms with Gasteiger partial charge in [-0.05, 0) is 19.1 Å². The van der Waals surface area contributed by atoms with E-state index in [0.29, 0.717) is 5.69 Å². The predicted molar refractivity (Wildman–Crippen MR) is 57.9 cm³/mol. The van der Waals surface area contributed by atoms with Gasteiger partial charge in [-0.2, -0.15) is 0 Å². The second-order valence-corrected chi connectivity index (χ2v) is 3.25. The number of aliphatic imine (C=N–C) groups is 1. The van der Waals surface area contributed by atoms with Crippen LogP contribution in [0.5, 0.6) is 5.75 Å². The zero-order valence-corrected chi connectivity index (χ0v) is 8.24. The van der Waals surface area contributed by atoms with Crippen molar-refractivity contribution in [3.63, 3.8) is 0 Å². The van der Waals surface area contributed by atoms with Crippen LogP contribution in [0.3, 0.4) is 0 Å². The largest absolute Gasteiger partial charge is 0.481 e. The maximum atomic E-state index is 5.66.